The fraction of sp³-hybridized carbons (Fsp3) is 0.556. The van der Waals surface area contributed by atoms with Crippen LogP contribution in [0.4, 0.5) is 18.9 Å². The quantitative estimate of drug-likeness (QED) is 0.787. The van der Waals surface area contributed by atoms with Gasteiger partial charge in [-0.15, -0.1) is 17.5 Å². The van der Waals surface area contributed by atoms with Crippen molar-refractivity contribution in [1.82, 2.24) is 10.2 Å². The Morgan fingerprint density at radius 3 is 2.43 bits per heavy atom. The average molecular weight is 421 g/mol. The van der Waals surface area contributed by atoms with E-state index in [1.807, 2.05) is 0 Å². The maximum absolute atomic E-state index is 13.5. The molecule has 0 atom stereocenters. The van der Waals surface area contributed by atoms with Gasteiger partial charge in [-0.1, -0.05) is 13.8 Å². The van der Waals surface area contributed by atoms with Crippen molar-refractivity contribution in [3.8, 4) is 11.5 Å². The molecule has 0 saturated carbocycles. The summed E-state index contributed by atoms with van der Waals surface area (Å²) in [6.45, 7) is 5.73. The van der Waals surface area contributed by atoms with Gasteiger partial charge in [0.25, 0.3) is 0 Å². The smallest absolute Gasteiger partial charge is 0.388 e. The normalized spacial score (nSPS) is 16.1. The first kappa shape index (κ1) is 22.3. The number of hydrogen-bond acceptors (Lipinski definition) is 5. The van der Waals surface area contributed by atoms with Crippen molar-refractivity contribution in [2.75, 3.05) is 24.5 Å². The zero-order valence-corrected chi connectivity index (χ0v) is 16.5. The number of halogens is 4. The number of alkyl halides is 3. The Morgan fingerprint density at radius 2 is 1.93 bits per heavy atom. The molecular formula is C18H24ClF3N4O2. The van der Waals surface area contributed by atoms with E-state index in [4.69, 9.17) is 10.2 Å². The molecule has 0 radical (unpaired) electrons. The van der Waals surface area contributed by atoms with Crippen LogP contribution < -0.4 is 16.4 Å². The number of nitrogens with zero attached hydrogens (tertiary/aromatic N) is 2. The lowest BCUT2D eigenvalue weighted by Gasteiger charge is -2.41. The molecule has 0 amide bonds. The van der Waals surface area contributed by atoms with Crippen LogP contribution in [-0.2, 0) is 6.18 Å². The molecule has 3 rings (SSSR count). The highest BCUT2D eigenvalue weighted by molar-refractivity contribution is 5.85. The minimum Gasteiger partial charge on any atom is -0.388 e. The van der Waals surface area contributed by atoms with Gasteiger partial charge in [0.2, 0.25) is 5.89 Å². The first-order valence-electron chi connectivity index (χ1n) is 8.84. The lowest BCUT2D eigenvalue weighted by atomic mass is 9.73. The van der Waals surface area contributed by atoms with Gasteiger partial charge >= 0.3 is 11.9 Å². The second-order valence-corrected chi connectivity index (χ2v) is 7.60. The average Bonchev–Trinajstić information content (AvgIpc) is 3.07. The van der Waals surface area contributed by atoms with Crippen molar-refractivity contribution in [2.24, 2.45) is 17.1 Å². The van der Waals surface area contributed by atoms with E-state index in [2.05, 4.69) is 24.0 Å². The molecule has 28 heavy (non-hydrogen) atoms. The summed E-state index contributed by atoms with van der Waals surface area (Å²) in [4.78, 5) is 12.9. The molecule has 0 unspecified atom stereocenters. The second-order valence-electron chi connectivity index (χ2n) is 7.60. The Balaban J connectivity index is 0.00000280. The summed E-state index contributed by atoms with van der Waals surface area (Å²) in [5.41, 5.74) is 5.49. The molecule has 1 aromatic carbocycles. The number of H-pyrrole nitrogens is 1. The van der Waals surface area contributed by atoms with Crippen molar-refractivity contribution < 1.29 is 17.6 Å². The van der Waals surface area contributed by atoms with E-state index >= 15 is 0 Å². The molecule has 1 saturated heterocycles. The van der Waals surface area contributed by atoms with Gasteiger partial charge < -0.3 is 15.1 Å². The van der Waals surface area contributed by atoms with Crippen LogP contribution in [0, 0.1) is 11.3 Å². The Labute approximate surface area is 166 Å². The van der Waals surface area contributed by atoms with E-state index in [1.165, 1.54) is 12.1 Å². The highest BCUT2D eigenvalue weighted by Crippen LogP contribution is 2.41. The summed E-state index contributed by atoms with van der Waals surface area (Å²) in [6.07, 6.45) is -2.94. The number of aromatic amines is 1. The largest absolute Gasteiger partial charge is 0.434 e. The van der Waals surface area contributed by atoms with Gasteiger partial charge in [0, 0.05) is 24.3 Å². The van der Waals surface area contributed by atoms with Crippen LogP contribution in [0.25, 0.3) is 11.5 Å². The summed E-state index contributed by atoms with van der Waals surface area (Å²) >= 11 is 0. The first-order chi connectivity index (χ1) is 12.6. The molecule has 0 bridgehead atoms. The topological polar surface area (TPSA) is 88.1 Å². The summed E-state index contributed by atoms with van der Waals surface area (Å²) in [7, 11) is 0. The molecule has 0 aliphatic carbocycles. The van der Waals surface area contributed by atoms with Crippen LogP contribution in [0.5, 0.6) is 0 Å². The van der Waals surface area contributed by atoms with Crippen LogP contribution in [0.15, 0.2) is 27.4 Å². The van der Waals surface area contributed by atoms with E-state index in [1.54, 1.807) is 4.90 Å². The minimum atomic E-state index is -4.48. The lowest BCUT2D eigenvalue weighted by molar-refractivity contribution is -0.137. The van der Waals surface area contributed by atoms with E-state index in [9.17, 15) is 18.0 Å². The summed E-state index contributed by atoms with van der Waals surface area (Å²) in [5, 5.41) is 5.82. The molecule has 0 spiro atoms. The molecule has 1 fully saturated rings. The Hall–Kier alpha value is -2.00. The zero-order valence-electron chi connectivity index (χ0n) is 15.7. The van der Waals surface area contributed by atoms with Crippen molar-refractivity contribution in [2.45, 2.75) is 32.9 Å². The molecule has 156 valence electrons. The summed E-state index contributed by atoms with van der Waals surface area (Å²) in [5.74, 6) is -0.425. The molecular weight excluding hydrogens is 397 g/mol. The Bertz CT molecular complexity index is 855. The van der Waals surface area contributed by atoms with E-state index in [0.29, 0.717) is 31.1 Å². The zero-order chi connectivity index (χ0) is 19.8. The van der Waals surface area contributed by atoms with Crippen molar-refractivity contribution in [3.05, 3.63) is 34.3 Å². The monoisotopic (exact) mass is 420 g/mol. The predicted octanol–water partition coefficient (Wildman–Crippen LogP) is 3.67. The summed E-state index contributed by atoms with van der Waals surface area (Å²) < 4.78 is 45.4. The maximum atomic E-state index is 13.5. The van der Waals surface area contributed by atoms with Crippen LogP contribution in [-0.4, -0.2) is 29.8 Å². The lowest BCUT2D eigenvalue weighted by Crippen LogP contribution is -2.42. The third-order valence-corrected chi connectivity index (χ3v) is 5.46. The molecule has 2 aromatic rings. The third kappa shape index (κ3) is 4.52. The standard InChI is InChI=1S/C18H23F3N4O2.ClH/c1-17(2,10-22)12-5-7-25(8-6-12)14-9-11(15-23-24-16(26)27-15)3-4-13(14)18(19,20)21;/h3-4,9,12H,5-8,10,22H2,1-2H3,(H,24,26);1H. The van der Waals surface area contributed by atoms with E-state index in [0.717, 1.165) is 18.9 Å². The third-order valence-electron chi connectivity index (χ3n) is 5.46. The van der Waals surface area contributed by atoms with Gasteiger partial charge in [0.05, 0.1) is 5.56 Å². The molecule has 6 nitrogen and oxygen atoms in total. The van der Waals surface area contributed by atoms with Gasteiger partial charge in [-0.05, 0) is 48.9 Å². The SMILES string of the molecule is CC(C)(CN)C1CCN(c2cc(-c3n[nH]c(=O)o3)ccc2C(F)(F)F)CC1.Cl. The van der Waals surface area contributed by atoms with E-state index < -0.39 is 17.5 Å². The van der Waals surface area contributed by atoms with Crippen LogP contribution in [0.3, 0.4) is 0 Å². The number of aromatic nitrogens is 2. The molecule has 3 N–H and O–H groups in total. The van der Waals surface area contributed by atoms with Crippen molar-refractivity contribution in [1.29, 1.82) is 0 Å². The van der Waals surface area contributed by atoms with Crippen LogP contribution in [0.1, 0.15) is 32.3 Å². The van der Waals surface area contributed by atoms with Gasteiger partial charge in [-0.2, -0.15) is 13.2 Å². The molecule has 1 aliphatic rings. The van der Waals surface area contributed by atoms with Gasteiger partial charge in [-0.3, -0.25) is 0 Å². The van der Waals surface area contributed by atoms with Crippen molar-refractivity contribution in [3.63, 3.8) is 0 Å². The Kier molecular flexibility index (Phi) is 6.50. The fourth-order valence-electron chi connectivity index (χ4n) is 3.59. The highest BCUT2D eigenvalue weighted by Gasteiger charge is 2.37. The van der Waals surface area contributed by atoms with Gasteiger partial charge in [-0.25, -0.2) is 9.89 Å². The van der Waals surface area contributed by atoms with Crippen molar-refractivity contribution >= 4 is 18.1 Å². The number of anilines is 1. The highest BCUT2D eigenvalue weighted by atomic mass is 35.5. The molecule has 2 heterocycles. The maximum Gasteiger partial charge on any atom is 0.434 e. The predicted molar refractivity (Wildman–Crippen MR) is 103 cm³/mol. The minimum absolute atomic E-state index is 0. The number of hydrogen-bond donors (Lipinski definition) is 2. The number of piperidine rings is 1. The number of nitrogens with two attached hydrogens (primary N) is 1. The number of nitrogens with one attached hydrogen (secondary N) is 1. The molecule has 10 heteroatoms. The van der Waals surface area contributed by atoms with E-state index in [-0.39, 0.29) is 29.4 Å². The first-order valence-corrected chi connectivity index (χ1v) is 8.84. The molecule has 1 aromatic heterocycles. The number of benzene rings is 1. The number of rotatable bonds is 4. The Morgan fingerprint density at radius 1 is 1.29 bits per heavy atom. The summed E-state index contributed by atoms with van der Waals surface area (Å²) in [6, 6.07) is 3.65. The van der Waals surface area contributed by atoms with Gasteiger partial charge in [0.15, 0.2) is 0 Å². The van der Waals surface area contributed by atoms with Gasteiger partial charge in [0.1, 0.15) is 0 Å². The fourth-order valence-corrected chi connectivity index (χ4v) is 3.59. The van der Waals surface area contributed by atoms with Crippen LogP contribution >= 0.6 is 12.4 Å². The second kappa shape index (κ2) is 8.16. The van der Waals surface area contributed by atoms with Crippen LogP contribution in [0.2, 0.25) is 0 Å². The molecule has 1 aliphatic heterocycles.